The highest BCUT2D eigenvalue weighted by atomic mass is 16.6. The molecule has 0 aliphatic heterocycles. The summed E-state index contributed by atoms with van der Waals surface area (Å²) in [6.07, 6.45) is 4.40. The second kappa shape index (κ2) is 9.60. The van der Waals surface area contributed by atoms with E-state index in [4.69, 9.17) is 14.7 Å². The lowest BCUT2D eigenvalue weighted by molar-refractivity contribution is 0.0421. The third kappa shape index (κ3) is 5.60. The Morgan fingerprint density at radius 3 is 2.59 bits per heavy atom. The molecule has 22 heavy (non-hydrogen) atoms. The second-order valence-corrected chi connectivity index (χ2v) is 4.68. The van der Waals surface area contributed by atoms with E-state index in [1.54, 1.807) is 6.20 Å². The Hall–Kier alpha value is -2.30. The van der Waals surface area contributed by atoms with E-state index in [9.17, 15) is 0 Å². The predicted octanol–water partition coefficient (Wildman–Crippen LogP) is 2.84. The van der Waals surface area contributed by atoms with Gasteiger partial charge in [-0.15, -0.1) is 0 Å². The molecule has 2 aromatic rings. The second-order valence-electron chi connectivity index (χ2n) is 4.68. The Morgan fingerprint density at radius 2 is 1.77 bits per heavy atom. The SMILES string of the molecule is OCCONC=CCc1ccccc1OCc1ccccc1. The third-order valence-corrected chi connectivity index (χ3v) is 3.01. The normalized spacial score (nSPS) is 10.8. The first-order valence-electron chi connectivity index (χ1n) is 7.28. The maximum Gasteiger partial charge on any atom is 0.123 e. The van der Waals surface area contributed by atoms with Crippen molar-refractivity contribution in [1.29, 1.82) is 0 Å². The quantitative estimate of drug-likeness (QED) is 0.552. The fraction of sp³-hybridized carbons (Fsp3) is 0.222. The Bertz CT molecular complexity index is 570. The molecule has 4 nitrogen and oxygen atoms in total. The van der Waals surface area contributed by atoms with Crippen LogP contribution < -0.4 is 10.2 Å². The lowest BCUT2D eigenvalue weighted by Crippen LogP contribution is -2.10. The van der Waals surface area contributed by atoms with Crippen LogP contribution in [0.25, 0.3) is 0 Å². The fourth-order valence-corrected chi connectivity index (χ4v) is 1.94. The van der Waals surface area contributed by atoms with E-state index in [2.05, 4.69) is 5.48 Å². The number of hydrogen-bond donors (Lipinski definition) is 2. The van der Waals surface area contributed by atoms with Crippen molar-refractivity contribution in [3.05, 3.63) is 78.0 Å². The largest absolute Gasteiger partial charge is 0.489 e. The minimum Gasteiger partial charge on any atom is -0.489 e. The average molecular weight is 299 g/mol. The highest BCUT2D eigenvalue weighted by molar-refractivity contribution is 5.35. The standard InChI is InChI=1S/C18H21NO3/c20-13-14-22-19-12-6-10-17-9-4-5-11-18(17)21-15-16-7-2-1-3-8-16/h1-9,11-12,19-20H,10,13-15H2. The number of hydrogen-bond acceptors (Lipinski definition) is 4. The Balaban J connectivity index is 1.86. The third-order valence-electron chi connectivity index (χ3n) is 3.01. The fourth-order valence-electron chi connectivity index (χ4n) is 1.94. The zero-order valence-electron chi connectivity index (χ0n) is 12.4. The Labute approximate surface area is 131 Å². The van der Waals surface area contributed by atoms with Gasteiger partial charge in [-0.1, -0.05) is 54.6 Å². The first-order valence-corrected chi connectivity index (χ1v) is 7.28. The molecule has 0 saturated carbocycles. The molecular formula is C18H21NO3. The first kappa shape index (κ1) is 16.1. The number of rotatable bonds is 9. The zero-order chi connectivity index (χ0) is 15.5. The van der Waals surface area contributed by atoms with E-state index in [0.29, 0.717) is 6.61 Å². The van der Waals surface area contributed by atoms with Crippen LogP contribution in [0, 0.1) is 0 Å². The molecule has 0 aliphatic rings. The van der Waals surface area contributed by atoms with Gasteiger partial charge in [0.15, 0.2) is 0 Å². The number of aliphatic hydroxyl groups is 1. The summed E-state index contributed by atoms with van der Waals surface area (Å²) in [6.45, 7) is 0.817. The average Bonchev–Trinajstić information content (AvgIpc) is 2.58. The molecule has 4 heteroatoms. The highest BCUT2D eigenvalue weighted by Gasteiger charge is 2.01. The van der Waals surface area contributed by atoms with Crippen LogP contribution in [-0.2, 0) is 17.9 Å². The molecule has 0 unspecified atom stereocenters. The van der Waals surface area contributed by atoms with Gasteiger partial charge in [-0.2, -0.15) is 0 Å². The van der Waals surface area contributed by atoms with Crippen molar-refractivity contribution in [3.63, 3.8) is 0 Å². The van der Waals surface area contributed by atoms with Gasteiger partial charge in [-0.25, -0.2) is 0 Å². The molecule has 2 N–H and O–H groups in total. The van der Waals surface area contributed by atoms with Gasteiger partial charge in [0.2, 0.25) is 0 Å². The van der Waals surface area contributed by atoms with Crippen molar-refractivity contribution in [2.24, 2.45) is 0 Å². The van der Waals surface area contributed by atoms with Crippen LogP contribution >= 0.6 is 0 Å². The topological polar surface area (TPSA) is 50.7 Å². The number of aliphatic hydroxyl groups excluding tert-OH is 1. The molecular weight excluding hydrogens is 278 g/mol. The van der Waals surface area contributed by atoms with Crippen molar-refractivity contribution < 1.29 is 14.7 Å². The van der Waals surface area contributed by atoms with Crippen molar-refractivity contribution >= 4 is 0 Å². The molecule has 2 aromatic carbocycles. The van der Waals surface area contributed by atoms with E-state index >= 15 is 0 Å². The van der Waals surface area contributed by atoms with Crippen LogP contribution in [0.4, 0.5) is 0 Å². The van der Waals surface area contributed by atoms with Gasteiger partial charge in [0, 0.05) is 6.20 Å². The first-order chi connectivity index (χ1) is 10.9. The van der Waals surface area contributed by atoms with Gasteiger partial charge < -0.3 is 9.84 Å². The van der Waals surface area contributed by atoms with Gasteiger partial charge >= 0.3 is 0 Å². The summed E-state index contributed by atoms with van der Waals surface area (Å²) in [7, 11) is 0. The van der Waals surface area contributed by atoms with Crippen molar-refractivity contribution in [3.8, 4) is 5.75 Å². The molecule has 0 saturated heterocycles. The maximum absolute atomic E-state index is 8.58. The zero-order valence-corrected chi connectivity index (χ0v) is 12.4. The molecule has 116 valence electrons. The molecule has 0 heterocycles. The molecule has 0 amide bonds. The number of nitrogens with one attached hydrogen (secondary N) is 1. The molecule has 0 bridgehead atoms. The summed E-state index contributed by atoms with van der Waals surface area (Å²) in [4.78, 5) is 4.94. The van der Waals surface area contributed by atoms with Gasteiger partial charge in [0.1, 0.15) is 12.4 Å². The van der Waals surface area contributed by atoms with E-state index in [-0.39, 0.29) is 13.2 Å². The van der Waals surface area contributed by atoms with Crippen LogP contribution in [0.3, 0.4) is 0 Å². The van der Waals surface area contributed by atoms with Gasteiger partial charge in [0.25, 0.3) is 0 Å². The smallest absolute Gasteiger partial charge is 0.123 e. The van der Waals surface area contributed by atoms with Crippen LogP contribution in [0.1, 0.15) is 11.1 Å². The molecule has 0 radical (unpaired) electrons. The van der Waals surface area contributed by atoms with Crippen LogP contribution in [0.2, 0.25) is 0 Å². The summed E-state index contributed by atoms with van der Waals surface area (Å²) < 4.78 is 5.90. The van der Waals surface area contributed by atoms with Crippen molar-refractivity contribution in [1.82, 2.24) is 5.48 Å². The van der Waals surface area contributed by atoms with Crippen molar-refractivity contribution in [2.45, 2.75) is 13.0 Å². The molecule has 0 atom stereocenters. The molecule has 0 aromatic heterocycles. The number of benzene rings is 2. The van der Waals surface area contributed by atoms with Crippen LogP contribution in [0.5, 0.6) is 5.75 Å². The van der Waals surface area contributed by atoms with Gasteiger partial charge in [0.05, 0.1) is 13.2 Å². The number of hydroxylamine groups is 1. The summed E-state index contributed by atoms with van der Waals surface area (Å²) >= 11 is 0. The minimum absolute atomic E-state index is 0.00298. The number of ether oxygens (including phenoxy) is 1. The predicted molar refractivity (Wildman–Crippen MR) is 86.2 cm³/mol. The monoisotopic (exact) mass is 299 g/mol. The summed E-state index contributed by atoms with van der Waals surface area (Å²) in [6, 6.07) is 18.1. The Morgan fingerprint density at radius 1 is 1.00 bits per heavy atom. The van der Waals surface area contributed by atoms with E-state index < -0.39 is 0 Å². The van der Waals surface area contributed by atoms with Gasteiger partial charge in [-0.3, -0.25) is 10.3 Å². The lowest BCUT2D eigenvalue weighted by atomic mass is 10.1. The number of para-hydroxylation sites is 1. The highest BCUT2D eigenvalue weighted by Crippen LogP contribution is 2.20. The summed E-state index contributed by atoms with van der Waals surface area (Å²) in [5.74, 6) is 0.882. The molecule has 0 spiro atoms. The van der Waals surface area contributed by atoms with Crippen LogP contribution in [-0.4, -0.2) is 18.3 Å². The Kier molecular flexibility index (Phi) is 7.02. The molecule has 2 rings (SSSR count). The van der Waals surface area contributed by atoms with Crippen molar-refractivity contribution in [2.75, 3.05) is 13.2 Å². The summed E-state index contributed by atoms with van der Waals surface area (Å²) in [5.41, 5.74) is 4.91. The summed E-state index contributed by atoms with van der Waals surface area (Å²) in [5, 5.41) is 8.58. The molecule has 0 fully saturated rings. The van der Waals surface area contributed by atoms with E-state index in [1.807, 2.05) is 60.7 Å². The molecule has 0 aliphatic carbocycles. The van der Waals surface area contributed by atoms with E-state index in [0.717, 1.165) is 23.3 Å². The lowest BCUT2D eigenvalue weighted by Gasteiger charge is -2.10. The van der Waals surface area contributed by atoms with Crippen LogP contribution in [0.15, 0.2) is 66.9 Å². The maximum atomic E-state index is 8.58. The van der Waals surface area contributed by atoms with E-state index in [1.165, 1.54) is 0 Å². The minimum atomic E-state index is -0.00298. The number of allylic oxidation sites excluding steroid dienone is 1. The van der Waals surface area contributed by atoms with Gasteiger partial charge in [-0.05, 0) is 23.6 Å².